The number of hydrogen-bond donors (Lipinski definition) is 0. The second-order valence-corrected chi connectivity index (χ2v) is 10.2. The van der Waals surface area contributed by atoms with Crippen molar-refractivity contribution in [3.63, 3.8) is 0 Å². The molecule has 0 radical (unpaired) electrons. The summed E-state index contributed by atoms with van der Waals surface area (Å²) >= 11 is 0. The van der Waals surface area contributed by atoms with Crippen LogP contribution < -0.4 is 4.90 Å². The van der Waals surface area contributed by atoms with Crippen molar-refractivity contribution in [2.75, 3.05) is 11.4 Å². The highest BCUT2D eigenvalue weighted by Crippen LogP contribution is 2.45. The predicted octanol–water partition coefficient (Wildman–Crippen LogP) is 5.15. The number of anilines is 1. The van der Waals surface area contributed by atoms with E-state index in [0.29, 0.717) is 18.9 Å². The molecule has 0 bridgehead atoms. The third-order valence-corrected chi connectivity index (χ3v) is 7.42. The molecule has 1 aliphatic rings. The molecule has 0 aliphatic carbocycles. The SMILES string of the molecule is CCn1c(-c2cnc(C)nc2)nc2c(-c3ccc4c(c3)C(C)(Cc3ccccc3)CN4C(C)=O)ncnc21. The number of carbonyl (C=O) groups is 1. The van der Waals surface area contributed by atoms with Crippen molar-refractivity contribution in [3.05, 3.63) is 84.2 Å². The maximum Gasteiger partial charge on any atom is 0.223 e. The van der Waals surface area contributed by atoms with Crippen molar-refractivity contribution >= 4 is 22.8 Å². The van der Waals surface area contributed by atoms with Crippen LogP contribution in [0.15, 0.2) is 67.3 Å². The Kier molecular flexibility index (Phi) is 5.75. The molecule has 1 amide bonds. The molecule has 5 aromatic rings. The van der Waals surface area contributed by atoms with E-state index in [-0.39, 0.29) is 11.3 Å². The summed E-state index contributed by atoms with van der Waals surface area (Å²) in [5, 5.41) is 0. The molecule has 6 rings (SSSR count). The van der Waals surface area contributed by atoms with E-state index >= 15 is 0 Å². The highest BCUT2D eigenvalue weighted by molar-refractivity contribution is 5.96. The second kappa shape index (κ2) is 9.13. The summed E-state index contributed by atoms with van der Waals surface area (Å²) in [6.45, 7) is 9.14. The van der Waals surface area contributed by atoms with Crippen molar-refractivity contribution in [1.29, 1.82) is 0 Å². The number of nitrogens with zero attached hydrogens (tertiary/aromatic N) is 7. The minimum Gasteiger partial charge on any atom is -0.311 e. The van der Waals surface area contributed by atoms with Crippen molar-refractivity contribution in [2.45, 2.75) is 46.1 Å². The molecule has 0 spiro atoms. The van der Waals surface area contributed by atoms with Gasteiger partial charge in [0.1, 0.15) is 29.2 Å². The number of rotatable bonds is 5. The van der Waals surface area contributed by atoms with E-state index in [1.165, 1.54) is 5.56 Å². The van der Waals surface area contributed by atoms with Gasteiger partial charge in [-0.3, -0.25) is 4.79 Å². The Hall–Kier alpha value is -4.46. The van der Waals surface area contributed by atoms with Crippen LogP contribution in [0.2, 0.25) is 0 Å². The molecule has 8 nitrogen and oxygen atoms in total. The van der Waals surface area contributed by atoms with Crippen LogP contribution in [-0.4, -0.2) is 41.9 Å². The number of aromatic nitrogens is 6. The lowest BCUT2D eigenvalue weighted by Gasteiger charge is -2.26. The van der Waals surface area contributed by atoms with Gasteiger partial charge in [-0.1, -0.05) is 43.3 Å². The Morgan fingerprint density at radius 3 is 2.47 bits per heavy atom. The fourth-order valence-corrected chi connectivity index (χ4v) is 5.58. The minimum atomic E-state index is -0.238. The van der Waals surface area contributed by atoms with Crippen LogP contribution in [0.4, 0.5) is 5.69 Å². The molecule has 38 heavy (non-hydrogen) atoms. The molecule has 0 fully saturated rings. The summed E-state index contributed by atoms with van der Waals surface area (Å²) in [5.74, 6) is 1.53. The van der Waals surface area contributed by atoms with Gasteiger partial charge in [0.2, 0.25) is 5.91 Å². The van der Waals surface area contributed by atoms with E-state index in [1.807, 2.05) is 30.0 Å². The number of aryl methyl sites for hydroxylation is 2. The zero-order valence-corrected chi connectivity index (χ0v) is 22.0. The molecule has 0 N–H and O–H groups in total. The Balaban J connectivity index is 1.50. The van der Waals surface area contributed by atoms with Gasteiger partial charge in [-0.05, 0) is 43.5 Å². The normalized spacial score (nSPS) is 16.7. The molecular weight excluding hydrogens is 474 g/mol. The summed E-state index contributed by atoms with van der Waals surface area (Å²) < 4.78 is 2.07. The molecule has 1 unspecified atom stereocenters. The first-order valence-electron chi connectivity index (χ1n) is 12.8. The predicted molar refractivity (Wildman–Crippen MR) is 148 cm³/mol. The summed E-state index contributed by atoms with van der Waals surface area (Å²) in [5.41, 5.74) is 7.16. The molecule has 4 heterocycles. The Bertz CT molecular complexity index is 1660. The number of hydrogen-bond acceptors (Lipinski definition) is 6. The molecule has 3 aromatic heterocycles. The molecule has 190 valence electrons. The van der Waals surface area contributed by atoms with Crippen LogP contribution in [0.25, 0.3) is 33.8 Å². The van der Waals surface area contributed by atoms with Gasteiger partial charge in [0.25, 0.3) is 0 Å². The molecule has 1 atom stereocenters. The van der Waals surface area contributed by atoms with E-state index in [4.69, 9.17) is 4.98 Å². The van der Waals surface area contributed by atoms with Crippen molar-refractivity contribution in [1.82, 2.24) is 29.5 Å². The number of carbonyl (C=O) groups excluding carboxylic acids is 1. The standard InChI is InChI=1S/C30H29N7O/c1-5-36-28(23-15-31-19(2)32-16-23)35-27-26(33-18-34-29(27)36)22-11-12-25-24(13-22)30(4,17-37(25)20(3)38)14-21-9-7-6-8-10-21/h6-13,15-16,18H,5,14,17H2,1-4H3. The molecule has 2 aromatic carbocycles. The molecule has 1 aliphatic heterocycles. The first-order chi connectivity index (χ1) is 18.4. The lowest BCUT2D eigenvalue weighted by molar-refractivity contribution is -0.116. The lowest BCUT2D eigenvalue weighted by atomic mass is 9.78. The van der Waals surface area contributed by atoms with Gasteiger partial charge in [0.05, 0.1) is 5.56 Å². The molecule has 0 saturated heterocycles. The Morgan fingerprint density at radius 2 is 1.76 bits per heavy atom. The maximum atomic E-state index is 12.6. The third kappa shape index (κ3) is 3.93. The van der Waals surface area contributed by atoms with Gasteiger partial charge >= 0.3 is 0 Å². The van der Waals surface area contributed by atoms with E-state index in [9.17, 15) is 4.79 Å². The van der Waals surface area contributed by atoms with E-state index in [2.05, 4.69) is 68.7 Å². The summed E-state index contributed by atoms with van der Waals surface area (Å²) in [6, 6.07) is 16.7. The Morgan fingerprint density at radius 1 is 1.00 bits per heavy atom. The van der Waals surface area contributed by atoms with E-state index < -0.39 is 0 Å². The average molecular weight is 504 g/mol. The second-order valence-electron chi connectivity index (χ2n) is 10.2. The van der Waals surface area contributed by atoms with Gasteiger partial charge in [0, 0.05) is 49.1 Å². The fourth-order valence-electron chi connectivity index (χ4n) is 5.58. The van der Waals surface area contributed by atoms with Crippen LogP contribution in [0.3, 0.4) is 0 Å². The van der Waals surface area contributed by atoms with E-state index in [1.54, 1.807) is 25.6 Å². The van der Waals surface area contributed by atoms with Gasteiger partial charge < -0.3 is 9.47 Å². The van der Waals surface area contributed by atoms with Gasteiger partial charge in [0.15, 0.2) is 5.65 Å². The van der Waals surface area contributed by atoms with Crippen LogP contribution in [0.5, 0.6) is 0 Å². The highest BCUT2D eigenvalue weighted by Gasteiger charge is 2.40. The van der Waals surface area contributed by atoms with Crippen molar-refractivity contribution in [3.8, 4) is 22.6 Å². The molecule has 8 heteroatoms. The topological polar surface area (TPSA) is 89.7 Å². The van der Waals surface area contributed by atoms with Gasteiger partial charge in [-0.2, -0.15) is 0 Å². The first-order valence-corrected chi connectivity index (χ1v) is 12.8. The largest absolute Gasteiger partial charge is 0.311 e. The summed E-state index contributed by atoms with van der Waals surface area (Å²) in [4.78, 5) is 37.5. The van der Waals surface area contributed by atoms with Crippen molar-refractivity contribution in [2.24, 2.45) is 0 Å². The molecular formula is C30H29N7O. The maximum absolute atomic E-state index is 12.6. The number of imidazole rings is 1. The van der Waals surface area contributed by atoms with Gasteiger partial charge in [-0.25, -0.2) is 24.9 Å². The zero-order chi connectivity index (χ0) is 26.4. The van der Waals surface area contributed by atoms with Crippen LogP contribution in [0.1, 0.15) is 37.7 Å². The molecule has 0 saturated carbocycles. The zero-order valence-electron chi connectivity index (χ0n) is 22.0. The van der Waals surface area contributed by atoms with Gasteiger partial charge in [-0.15, -0.1) is 0 Å². The lowest BCUT2D eigenvalue weighted by Crippen LogP contribution is -2.35. The number of fused-ring (bicyclic) bond motifs is 2. The third-order valence-electron chi connectivity index (χ3n) is 7.42. The van der Waals surface area contributed by atoms with Crippen LogP contribution in [0, 0.1) is 6.92 Å². The Labute approximate surface area is 221 Å². The summed E-state index contributed by atoms with van der Waals surface area (Å²) in [6.07, 6.45) is 6.02. The quantitative estimate of drug-likeness (QED) is 0.330. The minimum absolute atomic E-state index is 0.0480. The summed E-state index contributed by atoms with van der Waals surface area (Å²) in [7, 11) is 0. The van der Waals surface area contributed by atoms with Crippen molar-refractivity contribution < 1.29 is 4.79 Å². The smallest absolute Gasteiger partial charge is 0.223 e. The first kappa shape index (κ1) is 23.9. The highest BCUT2D eigenvalue weighted by atomic mass is 16.2. The average Bonchev–Trinajstić information content (AvgIpc) is 3.44. The fraction of sp³-hybridized carbons (Fsp3) is 0.267. The van der Waals surface area contributed by atoms with E-state index in [0.717, 1.165) is 51.5 Å². The van der Waals surface area contributed by atoms with Crippen LogP contribution in [-0.2, 0) is 23.2 Å². The number of amides is 1. The van der Waals surface area contributed by atoms with Crippen LogP contribution >= 0.6 is 0 Å². The monoisotopic (exact) mass is 503 g/mol. The number of benzene rings is 2.